The lowest BCUT2D eigenvalue weighted by atomic mass is 9.82. The molecule has 9 heteroatoms. The van der Waals surface area contributed by atoms with Crippen molar-refractivity contribution < 1.29 is 13.5 Å². The molecule has 2 fully saturated rings. The first kappa shape index (κ1) is 18.1. The summed E-state index contributed by atoms with van der Waals surface area (Å²) in [4.78, 5) is 11.3. The van der Waals surface area contributed by atoms with E-state index in [1.807, 2.05) is 13.0 Å². The van der Waals surface area contributed by atoms with Gasteiger partial charge >= 0.3 is 0 Å². The molecule has 0 bridgehead atoms. The number of hydrogen-bond acceptors (Lipinski definition) is 6. The summed E-state index contributed by atoms with van der Waals surface area (Å²) in [5.74, 6) is -1.17. The van der Waals surface area contributed by atoms with Crippen LogP contribution in [-0.4, -0.2) is 52.0 Å². The normalized spacial score (nSPS) is 20.8. The van der Waals surface area contributed by atoms with Crippen molar-refractivity contribution in [3.05, 3.63) is 23.5 Å². The largest absolute Gasteiger partial charge is 0.383 e. The van der Waals surface area contributed by atoms with E-state index in [4.69, 9.17) is 15.5 Å². The highest BCUT2D eigenvalue weighted by molar-refractivity contribution is 5.61. The number of hydrogen-bond donors (Lipinski definition) is 1. The molecule has 0 spiro atoms. The van der Waals surface area contributed by atoms with Crippen LogP contribution in [0.1, 0.15) is 42.9 Å². The van der Waals surface area contributed by atoms with Crippen LogP contribution in [0.15, 0.2) is 12.3 Å². The molecule has 0 radical (unpaired) electrons. The molecule has 0 atom stereocenters. The number of aryl methyl sites for hydroxylation is 1. The summed E-state index contributed by atoms with van der Waals surface area (Å²) in [6, 6.07) is 1.87. The van der Waals surface area contributed by atoms with Gasteiger partial charge in [-0.05, 0) is 31.7 Å². The second-order valence-electron chi connectivity index (χ2n) is 7.28. The fourth-order valence-corrected chi connectivity index (χ4v) is 3.83. The number of morpholine rings is 1. The van der Waals surface area contributed by atoms with Crippen LogP contribution in [0.5, 0.6) is 0 Å². The van der Waals surface area contributed by atoms with Gasteiger partial charge in [-0.2, -0.15) is 15.1 Å². The minimum absolute atomic E-state index is 0.0594. The molecule has 4 rings (SSSR count). The summed E-state index contributed by atoms with van der Waals surface area (Å²) in [5.41, 5.74) is 7.98. The van der Waals surface area contributed by atoms with Crippen LogP contribution in [0.25, 0.3) is 5.95 Å². The van der Waals surface area contributed by atoms with E-state index in [1.165, 1.54) is 0 Å². The third kappa shape index (κ3) is 3.73. The van der Waals surface area contributed by atoms with Crippen molar-refractivity contribution in [1.29, 1.82) is 0 Å². The molecule has 2 aromatic rings. The molecule has 0 aromatic carbocycles. The maximum atomic E-state index is 13.6. The Morgan fingerprint density at radius 1 is 1.19 bits per heavy atom. The number of halogens is 2. The van der Waals surface area contributed by atoms with Crippen molar-refractivity contribution in [2.75, 3.05) is 36.9 Å². The van der Waals surface area contributed by atoms with E-state index in [-0.39, 0.29) is 18.8 Å². The molecule has 27 heavy (non-hydrogen) atoms. The Morgan fingerprint density at radius 3 is 2.52 bits per heavy atom. The fraction of sp³-hybridized carbons (Fsp3) is 0.611. The Morgan fingerprint density at radius 2 is 1.89 bits per heavy atom. The van der Waals surface area contributed by atoms with Crippen LogP contribution in [0.3, 0.4) is 0 Å². The summed E-state index contributed by atoms with van der Waals surface area (Å²) < 4.78 is 34.3. The summed E-state index contributed by atoms with van der Waals surface area (Å²) in [6.45, 7) is 4.46. The van der Waals surface area contributed by atoms with E-state index < -0.39 is 5.92 Å². The van der Waals surface area contributed by atoms with Crippen LogP contribution in [0.4, 0.5) is 20.4 Å². The van der Waals surface area contributed by atoms with Crippen LogP contribution >= 0.6 is 0 Å². The van der Waals surface area contributed by atoms with Gasteiger partial charge in [0.15, 0.2) is 0 Å². The van der Waals surface area contributed by atoms with Crippen LogP contribution in [-0.2, 0) is 4.74 Å². The monoisotopic (exact) mass is 378 g/mol. The highest BCUT2D eigenvalue weighted by atomic mass is 19.3. The molecule has 0 amide bonds. The second-order valence-corrected chi connectivity index (χ2v) is 7.28. The lowest BCUT2D eigenvalue weighted by Gasteiger charge is -2.34. The van der Waals surface area contributed by atoms with Crippen molar-refractivity contribution in [3.8, 4) is 5.95 Å². The standard InChI is InChI=1S/C18H24F2N6O/c1-12-4-7-26(24-12)17-22-15(21)14(13-2-5-18(19,20)6-3-13)16(23-17)25-8-10-27-11-9-25/h4,7,13H,2-3,5-6,8-11H2,1H3,(H2,21,22,23). The van der Waals surface area contributed by atoms with Crippen molar-refractivity contribution in [2.24, 2.45) is 0 Å². The van der Waals surface area contributed by atoms with E-state index in [2.05, 4.69) is 15.0 Å². The number of aromatic nitrogens is 4. The highest BCUT2D eigenvalue weighted by Crippen LogP contribution is 2.44. The quantitative estimate of drug-likeness (QED) is 0.884. The maximum absolute atomic E-state index is 13.6. The van der Waals surface area contributed by atoms with Gasteiger partial charge in [0.05, 0.1) is 18.9 Å². The van der Waals surface area contributed by atoms with Crippen molar-refractivity contribution in [3.63, 3.8) is 0 Å². The average Bonchev–Trinajstić information content (AvgIpc) is 3.09. The topological polar surface area (TPSA) is 82.1 Å². The Balaban J connectivity index is 1.74. The zero-order valence-corrected chi connectivity index (χ0v) is 15.4. The van der Waals surface area contributed by atoms with Crippen LogP contribution in [0.2, 0.25) is 0 Å². The van der Waals surface area contributed by atoms with Gasteiger partial charge < -0.3 is 15.4 Å². The van der Waals surface area contributed by atoms with E-state index in [0.29, 0.717) is 50.9 Å². The molecule has 2 aromatic heterocycles. The molecule has 1 aliphatic carbocycles. The number of nitrogens with zero attached hydrogens (tertiary/aromatic N) is 5. The van der Waals surface area contributed by atoms with E-state index >= 15 is 0 Å². The molecular weight excluding hydrogens is 354 g/mol. The SMILES string of the molecule is Cc1ccn(-c2nc(N)c(C3CCC(F)(F)CC3)c(N3CCOCC3)n2)n1. The van der Waals surface area contributed by atoms with Crippen LogP contribution in [0, 0.1) is 6.92 Å². The number of alkyl halides is 2. The van der Waals surface area contributed by atoms with E-state index in [1.54, 1.807) is 10.9 Å². The van der Waals surface area contributed by atoms with Gasteiger partial charge in [0.1, 0.15) is 11.6 Å². The maximum Gasteiger partial charge on any atom is 0.254 e. The van der Waals surface area contributed by atoms with Crippen LogP contribution < -0.4 is 10.6 Å². The van der Waals surface area contributed by atoms with E-state index in [0.717, 1.165) is 17.1 Å². The summed E-state index contributed by atoms with van der Waals surface area (Å²) >= 11 is 0. The third-order valence-electron chi connectivity index (χ3n) is 5.31. The number of anilines is 2. The minimum atomic E-state index is -2.59. The van der Waals surface area contributed by atoms with Crippen molar-refractivity contribution in [2.45, 2.75) is 44.4 Å². The first-order valence-electron chi connectivity index (χ1n) is 9.33. The van der Waals surface area contributed by atoms with Gasteiger partial charge in [-0.1, -0.05) is 0 Å². The second kappa shape index (κ2) is 7.03. The van der Waals surface area contributed by atoms with Gasteiger partial charge in [0, 0.05) is 37.7 Å². The summed E-state index contributed by atoms with van der Waals surface area (Å²) in [5, 5.41) is 4.36. The molecule has 0 unspecified atom stereocenters. The van der Waals surface area contributed by atoms with Gasteiger partial charge in [-0.25, -0.2) is 13.5 Å². The average molecular weight is 378 g/mol. The lowest BCUT2D eigenvalue weighted by Crippen LogP contribution is -2.38. The Bertz CT molecular complexity index is 808. The van der Waals surface area contributed by atoms with Gasteiger partial charge in [0.2, 0.25) is 5.92 Å². The number of ether oxygens (including phenoxy) is 1. The fourth-order valence-electron chi connectivity index (χ4n) is 3.83. The number of nitrogen functional groups attached to an aromatic ring is 1. The first-order chi connectivity index (χ1) is 12.9. The summed E-state index contributed by atoms with van der Waals surface area (Å²) in [7, 11) is 0. The van der Waals surface area contributed by atoms with Gasteiger partial charge in [0.25, 0.3) is 5.95 Å². The minimum Gasteiger partial charge on any atom is -0.383 e. The zero-order valence-electron chi connectivity index (χ0n) is 15.4. The first-order valence-corrected chi connectivity index (χ1v) is 9.33. The predicted octanol–water partition coefficient (Wildman–Crippen LogP) is 2.68. The Kier molecular flexibility index (Phi) is 4.71. The van der Waals surface area contributed by atoms with Crippen molar-refractivity contribution >= 4 is 11.6 Å². The lowest BCUT2D eigenvalue weighted by molar-refractivity contribution is -0.0382. The molecule has 3 heterocycles. The molecular formula is C18H24F2N6O. The molecule has 146 valence electrons. The highest BCUT2D eigenvalue weighted by Gasteiger charge is 2.38. The Hall–Kier alpha value is -2.29. The molecule has 2 N–H and O–H groups in total. The molecule has 1 saturated heterocycles. The molecule has 1 aliphatic heterocycles. The molecule has 2 aliphatic rings. The number of nitrogens with two attached hydrogens (primary N) is 1. The summed E-state index contributed by atoms with van der Waals surface area (Å²) in [6.07, 6.45) is 2.31. The van der Waals surface area contributed by atoms with E-state index in [9.17, 15) is 8.78 Å². The van der Waals surface area contributed by atoms with Gasteiger partial charge in [-0.3, -0.25) is 0 Å². The smallest absolute Gasteiger partial charge is 0.254 e. The third-order valence-corrected chi connectivity index (χ3v) is 5.31. The number of rotatable bonds is 3. The Labute approximate surface area is 156 Å². The molecule has 7 nitrogen and oxygen atoms in total. The zero-order chi connectivity index (χ0) is 19.0. The van der Waals surface area contributed by atoms with Crippen molar-refractivity contribution in [1.82, 2.24) is 19.7 Å². The van der Waals surface area contributed by atoms with Gasteiger partial charge in [-0.15, -0.1) is 0 Å². The molecule has 1 saturated carbocycles. The predicted molar refractivity (Wildman–Crippen MR) is 97.5 cm³/mol.